The fourth-order valence-electron chi connectivity index (χ4n) is 1.67. The van der Waals surface area contributed by atoms with Crippen LogP contribution in [0.5, 0.6) is 0 Å². The zero-order valence-corrected chi connectivity index (χ0v) is 12.1. The van der Waals surface area contributed by atoms with E-state index in [1.165, 1.54) is 11.1 Å². The first-order valence-electron chi connectivity index (χ1n) is 5.72. The summed E-state index contributed by atoms with van der Waals surface area (Å²) in [5.41, 5.74) is 2.85. The summed E-state index contributed by atoms with van der Waals surface area (Å²) in [5.74, 6) is 0. The highest BCUT2D eigenvalue weighted by atomic mass is 31.1. The van der Waals surface area contributed by atoms with Crippen molar-refractivity contribution < 1.29 is 4.89 Å². The SMILES string of the molecule is CC(C)(C)P(O)C(C)(C)C.c1cc2ccc1-2. The van der Waals surface area contributed by atoms with Gasteiger partial charge in [-0.3, -0.25) is 0 Å². The van der Waals surface area contributed by atoms with Crippen LogP contribution in [0.15, 0.2) is 24.3 Å². The van der Waals surface area contributed by atoms with Crippen molar-refractivity contribution in [2.45, 2.75) is 51.9 Å². The fraction of sp³-hybridized carbons (Fsp3) is 0.571. The Bertz CT molecular complexity index is 305. The number of fused-ring (bicyclic) bond motifs is 1. The Labute approximate surface area is 101 Å². The normalized spacial score (nSPS) is 13.2. The molecule has 0 spiro atoms. The second-order valence-electron chi connectivity index (χ2n) is 6.23. The lowest BCUT2D eigenvalue weighted by atomic mass is 9.95. The summed E-state index contributed by atoms with van der Waals surface area (Å²) in [6.45, 7) is 12.5. The molecule has 0 aromatic rings. The molecule has 0 saturated heterocycles. The summed E-state index contributed by atoms with van der Waals surface area (Å²) >= 11 is 0. The first-order valence-corrected chi connectivity index (χ1v) is 7.01. The molecule has 0 fully saturated rings. The van der Waals surface area contributed by atoms with Gasteiger partial charge < -0.3 is 4.89 Å². The second kappa shape index (κ2) is 4.47. The van der Waals surface area contributed by atoms with E-state index in [9.17, 15) is 4.89 Å². The highest BCUT2D eigenvalue weighted by molar-refractivity contribution is 7.54. The molecule has 0 saturated carbocycles. The number of hydrogen-bond acceptors (Lipinski definition) is 1. The molecule has 2 rings (SSSR count). The second-order valence-corrected chi connectivity index (χ2v) is 9.54. The minimum absolute atomic E-state index is 0.0631. The van der Waals surface area contributed by atoms with Gasteiger partial charge in [0.15, 0.2) is 0 Å². The summed E-state index contributed by atoms with van der Waals surface area (Å²) in [5, 5.41) is 0.126. The number of hydrogen-bond donors (Lipinski definition) is 1. The fourth-order valence-corrected chi connectivity index (χ4v) is 3.68. The highest BCUT2D eigenvalue weighted by Gasteiger charge is 2.32. The van der Waals surface area contributed by atoms with Crippen molar-refractivity contribution in [2.24, 2.45) is 0 Å². The topological polar surface area (TPSA) is 20.2 Å². The predicted octanol–water partition coefficient (Wildman–Crippen LogP) is 4.64. The summed E-state index contributed by atoms with van der Waals surface area (Å²) in [7, 11) is -0.863. The van der Waals surface area contributed by atoms with Crippen LogP contribution in [-0.4, -0.2) is 15.2 Å². The van der Waals surface area contributed by atoms with E-state index in [0.29, 0.717) is 0 Å². The van der Waals surface area contributed by atoms with E-state index in [1.54, 1.807) is 0 Å². The highest BCUT2D eigenvalue weighted by Crippen LogP contribution is 2.55. The smallest absolute Gasteiger partial charge is 0.0361 e. The average molecular weight is 238 g/mol. The lowest BCUT2D eigenvalue weighted by Gasteiger charge is -2.35. The Balaban J connectivity index is 0.000000176. The summed E-state index contributed by atoms with van der Waals surface area (Å²) in [6.07, 6.45) is 0. The van der Waals surface area contributed by atoms with Gasteiger partial charge in [0, 0.05) is 18.5 Å². The third-order valence-corrected chi connectivity index (χ3v) is 5.03. The van der Waals surface area contributed by atoms with Crippen LogP contribution in [0.2, 0.25) is 0 Å². The quantitative estimate of drug-likeness (QED) is 0.663. The predicted molar refractivity (Wildman–Crippen MR) is 74.1 cm³/mol. The first kappa shape index (κ1) is 13.7. The first-order chi connectivity index (χ1) is 7.12. The van der Waals surface area contributed by atoms with E-state index in [-0.39, 0.29) is 10.3 Å². The Morgan fingerprint density at radius 1 is 0.750 bits per heavy atom. The maximum Gasteiger partial charge on any atom is 0.0361 e. The van der Waals surface area contributed by atoms with Crippen LogP contribution in [-0.2, 0) is 0 Å². The van der Waals surface area contributed by atoms with Gasteiger partial charge in [-0.1, -0.05) is 65.8 Å². The van der Waals surface area contributed by atoms with Crippen molar-refractivity contribution in [1.29, 1.82) is 0 Å². The lowest BCUT2D eigenvalue weighted by molar-refractivity contribution is 0.533. The molecule has 0 unspecified atom stereocenters. The van der Waals surface area contributed by atoms with Gasteiger partial charge in [0.25, 0.3) is 0 Å². The van der Waals surface area contributed by atoms with Gasteiger partial charge in [-0.05, 0) is 11.1 Å². The van der Waals surface area contributed by atoms with Crippen LogP contribution < -0.4 is 0 Å². The molecule has 0 aliphatic heterocycles. The van der Waals surface area contributed by atoms with Crippen molar-refractivity contribution in [3.05, 3.63) is 24.3 Å². The molecule has 0 aromatic heterocycles. The van der Waals surface area contributed by atoms with Crippen molar-refractivity contribution in [1.82, 2.24) is 0 Å². The van der Waals surface area contributed by atoms with Gasteiger partial charge in [-0.15, -0.1) is 0 Å². The van der Waals surface area contributed by atoms with Crippen molar-refractivity contribution >= 4 is 8.15 Å². The standard InChI is InChI=1S/C8H19OP.C6H4/c1-7(2,3)10(9)8(4,5)6;1-2-6-4-3-5(1)6/h9H,1-6H3;1-4H. The zero-order valence-electron chi connectivity index (χ0n) is 11.2. The molecular weight excluding hydrogens is 215 g/mol. The van der Waals surface area contributed by atoms with Crippen LogP contribution in [0, 0.1) is 0 Å². The summed E-state index contributed by atoms with van der Waals surface area (Å²) in [4.78, 5) is 9.79. The third-order valence-electron chi connectivity index (χ3n) is 2.49. The molecule has 16 heavy (non-hydrogen) atoms. The molecule has 0 atom stereocenters. The molecule has 1 N–H and O–H groups in total. The van der Waals surface area contributed by atoms with Crippen molar-refractivity contribution in [3.8, 4) is 11.1 Å². The van der Waals surface area contributed by atoms with Gasteiger partial charge in [-0.2, -0.15) is 0 Å². The van der Waals surface area contributed by atoms with Crippen LogP contribution >= 0.6 is 8.15 Å². The Morgan fingerprint density at radius 2 is 1.00 bits per heavy atom. The maximum absolute atomic E-state index is 9.79. The molecule has 0 aromatic carbocycles. The largest absolute Gasteiger partial charge is 0.373 e. The van der Waals surface area contributed by atoms with Crippen molar-refractivity contribution in [2.75, 3.05) is 0 Å². The van der Waals surface area contributed by atoms with Gasteiger partial charge in [0.1, 0.15) is 0 Å². The van der Waals surface area contributed by atoms with Crippen LogP contribution in [0.3, 0.4) is 0 Å². The van der Waals surface area contributed by atoms with Gasteiger partial charge in [-0.25, -0.2) is 0 Å². The Hall–Kier alpha value is -0.390. The van der Waals surface area contributed by atoms with E-state index in [1.807, 2.05) is 0 Å². The molecule has 0 bridgehead atoms. The van der Waals surface area contributed by atoms with Gasteiger partial charge >= 0.3 is 0 Å². The van der Waals surface area contributed by atoms with E-state index >= 15 is 0 Å². The van der Waals surface area contributed by atoms with Crippen LogP contribution in [0.1, 0.15) is 41.5 Å². The van der Waals surface area contributed by atoms with Crippen LogP contribution in [0.4, 0.5) is 0 Å². The Morgan fingerprint density at radius 3 is 1.00 bits per heavy atom. The van der Waals surface area contributed by atoms with E-state index < -0.39 is 8.15 Å². The van der Waals surface area contributed by atoms with Crippen LogP contribution in [0.25, 0.3) is 11.1 Å². The molecule has 0 heterocycles. The molecule has 2 aliphatic carbocycles. The minimum atomic E-state index is -0.863. The monoisotopic (exact) mass is 238 g/mol. The summed E-state index contributed by atoms with van der Waals surface area (Å²) in [6, 6.07) is 8.48. The van der Waals surface area contributed by atoms with E-state index in [0.717, 1.165) is 0 Å². The third kappa shape index (κ3) is 3.30. The lowest BCUT2D eigenvalue weighted by Crippen LogP contribution is -2.24. The molecular formula is C14H23OP. The molecule has 90 valence electrons. The molecule has 1 nitrogen and oxygen atoms in total. The van der Waals surface area contributed by atoms with Crippen molar-refractivity contribution in [3.63, 3.8) is 0 Å². The molecule has 2 heteroatoms. The maximum atomic E-state index is 9.79. The summed E-state index contributed by atoms with van der Waals surface area (Å²) < 4.78 is 0. The molecule has 2 aliphatic rings. The van der Waals surface area contributed by atoms with Gasteiger partial charge in [0.05, 0.1) is 0 Å². The number of benzene rings is 1. The van der Waals surface area contributed by atoms with E-state index in [2.05, 4.69) is 65.8 Å². The molecule has 0 amide bonds. The molecule has 0 radical (unpaired) electrons. The van der Waals surface area contributed by atoms with Gasteiger partial charge in [0.2, 0.25) is 0 Å². The Kier molecular flexibility index (Phi) is 3.82. The van der Waals surface area contributed by atoms with E-state index in [4.69, 9.17) is 0 Å². The minimum Gasteiger partial charge on any atom is -0.373 e. The average Bonchev–Trinajstić information content (AvgIpc) is 2.08. The zero-order chi connectivity index (χ0) is 12.6. The number of rotatable bonds is 0.